The topological polar surface area (TPSA) is 114 Å². The Morgan fingerprint density at radius 3 is 2.68 bits per heavy atom. The van der Waals surface area contributed by atoms with E-state index >= 15 is 0 Å². The lowest BCUT2D eigenvalue weighted by molar-refractivity contribution is -0.384. The molecule has 0 saturated carbocycles. The largest absolute Gasteiger partial charge is 0.496 e. The predicted molar refractivity (Wildman–Crippen MR) is 124 cm³/mol. The number of nitro benzene ring substituents is 1. The number of carbonyl (C=O) groups is 2. The Bertz CT molecular complexity index is 1160. The van der Waals surface area contributed by atoms with Crippen molar-refractivity contribution in [1.29, 1.82) is 0 Å². The van der Waals surface area contributed by atoms with Crippen molar-refractivity contribution in [1.82, 2.24) is 4.90 Å². The molecule has 34 heavy (non-hydrogen) atoms. The zero-order valence-electron chi connectivity index (χ0n) is 18.6. The van der Waals surface area contributed by atoms with Crippen LogP contribution in [0.15, 0.2) is 41.4 Å². The number of nitro groups is 1. The molecule has 0 aromatic heterocycles. The molecule has 1 aliphatic heterocycles. The van der Waals surface area contributed by atoms with Gasteiger partial charge in [0.1, 0.15) is 28.2 Å². The van der Waals surface area contributed by atoms with Crippen LogP contribution in [-0.4, -0.2) is 45.2 Å². The molecule has 2 unspecified atom stereocenters. The van der Waals surface area contributed by atoms with Crippen LogP contribution < -0.4 is 10.1 Å². The van der Waals surface area contributed by atoms with Gasteiger partial charge in [0, 0.05) is 18.5 Å². The van der Waals surface area contributed by atoms with Crippen molar-refractivity contribution in [3.63, 3.8) is 0 Å². The molecule has 2 atom stereocenters. The van der Waals surface area contributed by atoms with E-state index in [1.165, 1.54) is 36.3 Å². The number of anilines is 1. The van der Waals surface area contributed by atoms with E-state index in [0.29, 0.717) is 12.5 Å². The van der Waals surface area contributed by atoms with Crippen LogP contribution in [0.5, 0.6) is 5.75 Å². The summed E-state index contributed by atoms with van der Waals surface area (Å²) < 4.78 is 32.3. The molecule has 2 amide bonds. The minimum atomic E-state index is -0.877. The van der Waals surface area contributed by atoms with Crippen LogP contribution in [0.25, 0.3) is 0 Å². The molecule has 3 rings (SSSR count). The van der Waals surface area contributed by atoms with E-state index in [1.807, 2.05) is 6.92 Å². The summed E-state index contributed by atoms with van der Waals surface area (Å²) in [7, 11) is 1.36. The number of amides is 2. The molecule has 0 aliphatic carbocycles. The number of thioether (sulfide) groups is 1. The van der Waals surface area contributed by atoms with E-state index in [1.54, 1.807) is 6.92 Å². The molecular weight excluding hydrogens is 470 g/mol. The van der Waals surface area contributed by atoms with Gasteiger partial charge in [-0.25, -0.2) is 13.8 Å². The first-order valence-electron chi connectivity index (χ1n) is 10.3. The lowest BCUT2D eigenvalue weighted by Gasteiger charge is -2.23. The van der Waals surface area contributed by atoms with Gasteiger partial charge in [0.2, 0.25) is 11.8 Å². The molecule has 9 nitrogen and oxygen atoms in total. The Morgan fingerprint density at radius 1 is 1.32 bits per heavy atom. The van der Waals surface area contributed by atoms with E-state index < -0.39 is 27.7 Å². The maximum Gasteiger partial charge on any atom is 0.296 e. The lowest BCUT2D eigenvalue weighted by atomic mass is 10.2. The maximum atomic E-state index is 14.1. The molecule has 1 saturated heterocycles. The average molecular weight is 493 g/mol. The van der Waals surface area contributed by atoms with Crippen LogP contribution in [0, 0.1) is 21.7 Å². The normalized spacial score (nSPS) is 17.7. The third kappa shape index (κ3) is 5.50. The van der Waals surface area contributed by atoms with Gasteiger partial charge in [-0.05, 0) is 37.6 Å². The summed E-state index contributed by atoms with van der Waals surface area (Å²) in [4.78, 5) is 42.0. The van der Waals surface area contributed by atoms with E-state index in [-0.39, 0.29) is 46.3 Å². The Labute approximate surface area is 198 Å². The number of carbonyl (C=O) groups excluding carboxylic acids is 2. The molecule has 2 aromatic rings. The zero-order chi connectivity index (χ0) is 25.0. The number of methoxy groups -OCH3 is 1. The quantitative estimate of drug-likeness (QED) is 0.424. The van der Waals surface area contributed by atoms with Crippen LogP contribution in [0.2, 0.25) is 0 Å². The van der Waals surface area contributed by atoms with Crippen molar-refractivity contribution in [3.8, 4) is 5.75 Å². The van der Waals surface area contributed by atoms with Gasteiger partial charge in [-0.3, -0.25) is 24.6 Å². The number of halogens is 2. The predicted octanol–water partition coefficient (Wildman–Crippen LogP) is 4.64. The van der Waals surface area contributed by atoms with E-state index in [9.17, 15) is 28.5 Å². The molecule has 0 bridgehead atoms. The molecule has 1 heterocycles. The summed E-state index contributed by atoms with van der Waals surface area (Å²) in [5.74, 6) is -2.38. The minimum Gasteiger partial charge on any atom is -0.496 e. The van der Waals surface area contributed by atoms with Crippen LogP contribution >= 0.6 is 11.8 Å². The summed E-state index contributed by atoms with van der Waals surface area (Å²) in [6, 6.07) is 6.63. The summed E-state index contributed by atoms with van der Waals surface area (Å²) in [6.45, 7) is 3.65. The molecule has 180 valence electrons. The highest BCUT2D eigenvalue weighted by Gasteiger charge is 2.41. The number of hydrogen-bond donors (Lipinski definition) is 1. The van der Waals surface area contributed by atoms with E-state index in [0.717, 1.165) is 17.8 Å². The van der Waals surface area contributed by atoms with Gasteiger partial charge in [0.15, 0.2) is 11.0 Å². The number of aliphatic imine (C=N–C) groups is 1. The number of amidine groups is 1. The van der Waals surface area contributed by atoms with Crippen LogP contribution in [0.3, 0.4) is 0 Å². The van der Waals surface area contributed by atoms with Gasteiger partial charge in [-0.1, -0.05) is 18.7 Å². The van der Waals surface area contributed by atoms with Crippen molar-refractivity contribution in [2.24, 2.45) is 4.99 Å². The molecule has 0 radical (unpaired) electrons. The van der Waals surface area contributed by atoms with Gasteiger partial charge >= 0.3 is 0 Å². The van der Waals surface area contributed by atoms with Crippen molar-refractivity contribution in [2.75, 3.05) is 12.4 Å². The molecule has 1 aliphatic rings. The number of hydrogen-bond acceptors (Lipinski definition) is 7. The number of rotatable bonds is 8. The second-order valence-electron chi connectivity index (χ2n) is 7.45. The fourth-order valence-corrected chi connectivity index (χ4v) is 4.46. The summed E-state index contributed by atoms with van der Waals surface area (Å²) >= 11 is 0.985. The van der Waals surface area contributed by atoms with Gasteiger partial charge in [-0.15, -0.1) is 0 Å². The van der Waals surface area contributed by atoms with Crippen molar-refractivity contribution in [2.45, 2.75) is 38.0 Å². The molecular formula is C22H22F2N4O5S. The Balaban J connectivity index is 1.82. The number of ether oxygens (including phenoxy) is 1. The summed E-state index contributed by atoms with van der Waals surface area (Å²) in [5.41, 5.74) is -0.523. The molecule has 12 heteroatoms. The number of nitrogens with one attached hydrogen (secondary N) is 1. The van der Waals surface area contributed by atoms with Crippen molar-refractivity contribution in [3.05, 3.63) is 58.1 Å². The number of nitrogens with zero attached hydrogens (tertiary/aromatic N) is 3. The Morgan fingerprint density at radius 2 is 2.06 bits per heavy atom. The fraction of sp³-hybridized carbons (Fsp3) is 0.318. The van der Waals surface area contributed by atoms with E-state index in [4.69, 9.17) is 4.74 Å². The fourth-order valence-electron chi connectivity index (χ4n) is 3.22. The summed E-state index contributed by atoms with van der Waals surface area (Å²) in [5, 5.41) is 13.1. The van der Waals surface area contributed by atoms with Gasteiger partial charge in [0.05, 0.1) is 18.1 Å². The average Bonchev–Trinajstić information content (AvgIpc) is 3.09. The Hall–Kier alpha value is -3.54. The van der Waals surface area contributed by atoms with Gasteiger partial charge in [0.25, 0.3) is 5.69 Å². The maximum absolute atomic E-state index is 14.1. The first-order valence-corrected chi connectivity index (χ1v) is 11.2. The highest BCUT2D eigenvalue weighted by molar-refractivity contribution is 8.15. The molecule has 1 N–H and O–H groups in total. The first kappa shape index (κ1) is 25.1. The van der Waals surface area contributed by atoms with Gasteiger partial charge in [-0.2, -0.15) is 0 Å². The second kappa shape index (κ2) is 10.6. The highest BCUT2D eigenvalue weighted by atomic mass is 32.2. The number of benzene rings is 2. The monoisotopic (exact) mass is 492 g/mol. The van der Waals surface area contributed by atoms with Gasteiger partial charge < -0.3 is 10.1 Å². The standard InChI is InChI=1S/C22H22F2N4O5S/c1-4-12(2)27-21(30)19(34-22(27)26-16-7-5-13(23)9-15(16)24)11-20(29)25-17-8-6-14(33-3)10-18(17)28(31)32/h5-10,12,19H,4,11H2,1-3H3,(H,25,29). The summed E-state index contributed by atoms with van der Waals surface area (Å²) in [6.07, 6.45) is 0.290. The minimum absolute atomic E-state index is 0.0349. The van der Waals surface area contributed by atoms with Crippen LogP contribution in [0.4, 0.5) is 25.8 Å². The molecule has 1 fully saturated rings. The molecule has 2 aromatic carbocycles. The highest BCUT2D eigenvalue weighted by Crippen LogP contribution is 2.35. The Kier molecular flexibility index (Phi) is 7.82. The lowest BCUT2D eigenvalue weighted by Crippen LogP contribution is -2.39. The van der Waals surface area contributed by atoms with Crippen LogP contribution in [0.1, 0.15) is 26.7 Å². The molecule has 0 spiro atoms. The smallest absolute Gasteiger partial charge is 0.296 e. The van der Waals surface area contributed by atoms with Crippen LogP contribution in [-0.2, 0) is 9.59 Å². The second-order valence-corrected chi connectivity index (χ2v) is 8.62. The SMILES string of the molecule is CCC(C)N1C(=O)C(CC(=O)Nc2ccc(OC)cc2[N+](=O)[O-])SC1=Nc1ccc(F)cc1F. The first-order chi connectivity index (χ1) is 16.1. The van der Waals surface area contributed by atoms with E-state index in [2.05, 4.69) is 10.3 Å². The zero-order valence-corrected chi connectivity index (χ0v) is 19.4. The third-order valence-electron chi connectivity index (χ3n) is 5.17. The van der Waals surface area contributed by atoms with Crippen molar-refractivity contribution >= 4 is 45.8 Å². The third-order valence-corrected chi connectivity index (χ3v) is 6.32. The van der Waals surface area contributed by atoms with Crippen molar-refractivity contribution < 1.29 is 28.0 Å².